The minimum atomic E-state index is -3.63. The van der Waals surface area contributed by atoms with Gasteiger partial charge in [-0.2, -0.15) is 0 Å². The van der Waals surface area contributed by atoms with Crippen molar-refractivity contribution in [2.75, 3.05) is 20.2 Å². The molecule has 0 saturated carbocycles. The smallest absolute Gasteiger partial charge is 0.259 e. The van der Waals surface area contributed by atoms with Crippen LogP contribution in [0.5, 0.6) is 5.75 Å². The van der Waals surface area contributed by atoms with Crippen molar-refractivity contribution in [2.45, 2.75) is 10.1 Å². The number of methoxy groups -OCH3 is 1. The van der Waals surface area contributed by atoms with Crippen molar-refractivity contribution in [3.05, 3.63) is 59.7 Å². The molecular weight excluding hydrogens is 352 g/mol. The number of likely N-dealkylation sites (tertiary alicyclic amines) is 1. The number of benzene rings is 2. The highest BCUT2D eigenvalue weighted by atomic mass is 32.2. The largest absolute Gasteiger partial charge is 0.497 e. The minimum absolute atomic E-state index is 0.110. The van der Waals surface area contributed by atoms with E-state index in [9.17, 15) is 22.0 Å². The standard InChI is InChI=1S/C17H15F2NO4S/c1-24-11-5-7-12(8-6-11)25(22,23)13-9-20(10-13)17(21)16-14(18)3-2-4-15(16)19/h2-8,13H,9-10H2,1H3. The number of sulfone groups is 1. The van der Waals surface area contributed by atoms with Crippen LogP contribution in [-0.2, 0) is 9.84 Å². The molecule has 0 N–H and O–H groups in total. The molecule has 0 bridgehead atoms. The van der Waals surface area contributed by atoms with Crippen LogP contribution < -0.4 is 4.74 Å². The first kappa shape index (κ1) is 17.3. The molecule has 2 aromatic carbocycles. The first-order chi connectivity index (χ1) is 11.8. The van der Waals surface area contributed by atoms with Gasteiger partial charge >= 0.3 is 0 Å². The zero-order valence-corrected chi connectivity index (χ0v) is 14.1. The summed E-state index contributed by atoms with van der Waals surface area (Å²) in [5.41, 5.74) is -0.664. The van der Waals surface area contributed by atoms with E-state index in [1.54, 1.807) is 0 Å². The Morgan fingerprint density at radius 2 is 1.64 bits per heavy atom. The molecule has 8 heteroatoms. The van der Waals surface area contributed by atoms with Crippen LogP contribution in [0.15, 0.2) is 47.4 Å². The maximum Gasteiger partial charge on any atom is 0.259 e. The Hall–Kier alpha value is -2.48. The molecule has 1 fully saturated rings. The lowest BCUT2D eigenvalue weighted by Crippen LogP contribution is -2.57. The number of carbonyl (C=O) groups excluding carboxylic acids is 1. The van der Waals surface area contributed by atoms with Gasteiger partial charge in [-0.05, 0) is 36.4 Å². The molecule has 1 aliphatic heterocycles. The van der Waals surface area contributed by atoms with E-state index >= 15 is 0 Å². The third-order valence-corrected chi connectivity index (χ3v) is 6.24. The molecule has 1 heterocycles. The summed E-state index contributed by atoms with van der Waals surface area (Å²) >= 11 is 0. The SMILES string of the molecule is COc1ccc(S(=O)(=O)C2CN(C(=O)c3c(F)cccc3F)C2)cc1. The van der Waals surface area contributed by atoms with E-state index in [2.05, 4.69) is 0 Å². The van der Waals surface area contributed by atoms with Gasteiger partial charge in [0.15, 0.2) is 9.84 Å². The van der Waals surface area contributed by atoms with Gasteiger partial charge in [-0.1, -0.05) is 6.07 Å². The molecule has 0 unspecified atom stereocenters. The van der Waals surface area contributed by atoms with Crippen LogP contribution >= 0.6 is 0 Å². The summed E-state index contributed by atoms with van der Waals surface area (Å²) in [7, 11) is -2.16. The molecule has 2 aromatic rings. The van der Waals surface area contributed by atoms with Crippen LogP contribution in [0.4, 0.5) is 8.78 Å². The van der Waals surface area contributed by atoms with Gasteiger partial charge in [0.05, 0.1) is 12.0 Å². The van der Waals surface area contributed by atoms with Crippen LogP contribution in [0.2, 0.25) is 0 Å². The van der Waals surface area contributed by atoms with Crippen LogP contribution in [-0.4, -0.2) is 44.7 Å². The number of ether oxygens (including phenoxy) is 1. The Morgan fingerprint density at radius 3 is 2.16 bits per heavy atom. The summed E-state index contributed by atoms with van der Waals surface area (Å²) in [5.74, 6) is -2.26. The van der Waals surface area contributed by atoms with Crippen molar-refractivity contribution in [1.29, 1.82) is 0 Å². The molecule has 3 rings (SSSR count). The Bertz CT molecular complexity index is 886. The fraction of sp³-hybridized carbons (Fsp3) is 0.235. The van der Waals surface area contributed by atoms with Gasteiger partial charge in [-0.3, -0.25) is 4.79 Å². The van der Waals surface area contributed by atoms with Gasteiger partial charge in [0.2, 0.25) is 0 Å². The second kappa shape index (κ2) is 6.44. The highest BCUT2D eigenvalue weighted by Gasteiger charge is 2.41. The van der Waals surface area contributed by atoms with Gasteiger partial charge in [-0.15, -0.1) is 0 Å². The predicted octanol–water partition coefficient (Wildman–Crippen LogP) is 2.27. The maximum atomic E-state index is 13.7. The number of nitrogens with zero attached hydrogens (tertiary/aromatic N) is 1. The van der Waals surface area contributed by atoms with Crippen molar-refractivity contribution in [1.82, 2.24) is 4.90 Å². The number of hydrogen-bond acceptors (Lipinski definition) is 4. The van der Waals surface area contributed by atoms with Crippen LogP contribution in [0, 0.1) is 11.6 Å². The van der Waals surface area contributed by atoms with E-state index in [1.165, 1.54) is 31.4 Å². The van der Waals surface area contributed by atoms with E-state index in [0.29, 0.717) is 5.75 Å². The molecule has 132 valence electrons. The van der Waals surface area contributed by atoms with E-state index in [0.717, 1.165) is 23.1 Å². The summed E-state index contributed by atoms with van der Waals surface area (Å²) in [5, 5.41) is -0.806. The maximum absolute atomic E-state index is 13.7. The fourth-order valence-corrected chi connectivity index (χ4v) is 4.27. The minimum Gasteiger partial charge on any atom is -0.497 e. The Kier molecular flexibility index (Phi) is 4.47. The zero-order valence-electron chi connectivity index (χ0n) is 13.3. The van der Waals surface area contributed by atoms with Gasteiger partial charge in [0.1, 0.15) is 28.2 Å². The second-order valence-electron chi connectivity index (χ2n) is 5.65. The zero-order chi connectivity index (χ0) is 18.2. The van der Waals surface area contributed by atoms with Crippen LogP contribution in [0.3, 0.4) is 0 Å². The topological polar surface area (TPSA) is 63.7 Å². The molecule has 0 atom stereocenters. The summed E-state index contributed by atoms with van der Waals surface area (Å²) in [4.78, 5) is 13.4. The highest BCUT2D eigenvalue weighted by Crippen LogP contribution is 2.27. The molecule has 0 radical (unpaired) electrons. The molecule has 0 aromatic heterocycles. The summed E-state index contributed by atoms with van der Waals surface area (Å²) < 4.78 is 57.4. The van der Waals surface area contributed by atoms with Crippen LogP contribution in [0.25, 0.3) is 0 Å². The lowest BCUT2D eigenvalue weighted by Gasteiger charge is -2.38. The van der Waals surface area contributed by atoms with E-state index in [1.807, 2.05) is 0 Å². The summed E-state index contributed by atoms with van der Waals surface area (Å²) in [6, 6.07) is 9.05. The molecule has 1 amide bonds. The van der Waals surface area contributed by atoms with Gasteiger partial charge < -0.3 is 9.64 Å². The molecule has 0 aliphatic carbocycles. The number of carbonyl (C=O) groups is 1. The molecule has 25 heavy (non-hydrogen) atoms. The molecule has 5 nitrogen and oxygen atoms in total. The first-order valence-electron chi connectivity index (χ1n) is 7.46. The Morgan fingerprint density at radius 1 is 1.08 bits per heavy atom. The van der Waals surface area contributed by atoms with Crippen molar-refractivity contribution in [3.8, 4) is 5.75 Å². The van der Waals surface area contributed by atoms with Crippen molar-refractivity contribution >= 4 is 15.7 Å². The van der Waals surface area contributed by atoms with E-state index in [4.69, 9.17) is 4.74 Å². The first-order valence-corrected chi connectivity index (χ1v) is 9.00. The number of hydrogen-bond donors (Lipinski definition) is 0. The van der Waals surface area contributed by atoms with Gasteiger partial charge in [-0.25, -0.2) is 17.2 Å². The van der Waals surface area contributed by atoms with E-state index in [-0.39, 0.29) is 18.0 Å². The van der Waals surface area contributed by atoms with Crippen LogP contribution in [0.1, 0.15) is 10.4 Å². The van der Waals surface area contributed by atoms with E-state index < -0.39 is 38.2 Å². The van der Waals surface area contributed by atoms with Gasteiger partial charge in [0.25, 0.3) is 5.91 Å². The molecule has 1 saturated heterocycles. The number of amides is 1. The monoisotopic (exact) mass is 367 g/mol. The van der Waals surface area contributed by atoms with Crippen molar-refractivity contribution in [2.24, 2.45) is 0 Å². The Balaban J connectivity index is 1.74. The normalized spacial score (nSPS) is 14.9. The average molecular weight is 367 g/mol. The summed E-state index contributed by atoms with van der Waals surface area (Å²) in [6.07, 6.45) is 0. The molecule has 1 aliphatic rings. The predicted molar refractivity (Wildman–Crippen MR) is 86.2 cm³/mol. The lowest BCUT2D eigenvalue weighted by molar-refractivity contribution is 0.0648. The van der Waals surface area contributed by atoms with Crippen molar-refractivity contribution < 1.29 is 26.7 Å². The number of halogens is 2. The van der Waals surface area contributed by atoms with Crippen molar-refractivity contribution in [3.63, 3.8) is 0 Å². The lowest BCUT2D eigenvalue weighted by atomic mass is 10.1. The second-order valence-corrected chi connectivity index (χ2v) is 7.88. The summed E-state index contributed by atoms with van der Waals surface area (Å²) in [6.45, 7) is -0.220. The molecular formula is C17H15F2NO4S. The van der Waals surface area contributed by atoms with Gasteiger partial charge in [0, 0.05) is 13.1 Å². The quantitative estimate of drug-likeness (QED) is 0.832. The third-order valence-electron chi connectivity index (χ3n) is 4.14. The highest BCUT2D eigenvalue weighted by molar-refractivity contribution is 7.92. The Labute approximate surface area is 143 Å². The average Bonchev–Trinajstić information content (AvgIpc) is 2.53. The number of rotatable bonds is 4. The third kappa shape index (κ3) is 3.09. The molecule has 0 spiro atoms. The fourth-order valence-electron chi connectivity index (χ4n) is 2.62.